The molecule has 1 atom stereocenters. The number of amides is 2. The summed E-state index contributed by atoms with van der Waals surface area (Å²) in [4.78, 5) is 29.5. The molecule has 0 radical (unpaired) electrons. The maximum atomic E-state index is 11.7. The number of hydrogen-bond acceptors (Lipinski definition) is 7. The maximum absolute atomic E-state index is 11.7. The monoisotopic (exact) mass is 448 g/mol. The van der Waals surface area contributed by atoms with Gasteiger partial charge in [-0.25, -0.2) is 4.98 Å². The van der Waals surface area contributed by atoms with Gasteiger partial charge in [-0.05, 0) is 42.3 Å². The standard InChI is InChI=1S/C24H24N4O3S/c1-28(22-16-19(11-12-25-22)26-18-5-3-2-4-6-18)13-14-31-20-9-7-17(8-10-20)15-21-23(29)27-24(30)32-21/h2-12,16,21H,13-15H2,1H3,(H,25,26)(H,27,29,30). The van der Waals surface area contributed by atoms with Gasteiger partial charge in [0.1, 0.15) is 18.2 Å². The van der Waals surface area contributed by atoms with Gasteiger partial charge in [0.2, 0.25) is 5.91 Å². The Hall–Kier alpha value is -3.52. The molecule has 4 rings (SSSR count). The van der Waals surface area contributed by atoms with Gasteiger partial charge in [-0.15, -0.1) is 0 Å². The van der Waals surface area contributed by atoms with Crippen LogP contribution in [0.25, 0.3) is 0 Å². The topological polar surface area (TPSA) is 83.6 Å². The summed E-state index contributed by atoms with van der Waals surface area (Å²) in [6.45, 7) is 1.17. The number of likely N-dealkylation sites (N-methyl/N-ethyl adjacent to an activating group) is 1. The highest BCUT2D eigenvalue weighted by Gasteiger charge is 2.31. The molecule has 0 saturated carbocycles. The van der Waals surface area contributed by atoms with Crippen LogP contribution >= 0.6 is 11.8 Å². The third-order valence-electron chi connectivity index (χ3n) is 5.01. The molecule has 0 aliphatic carbocycles. The Morgan fingerprint density at radius 3 is 2.56 bits per heavy atom. The highest BCUT2D eigenvalue weighted by molar-refractivity contribution is 8.15. The lowest BCUT2D eigenvalue weighted by Crippen LogP contribution is -2.25. The zero-order chi connectivity index (χ0) is 22.3. The smallest absolute Gasteiger partial charge is 0.286 e. The number of carbonyl (C=O) groups excluding carboxylic acids is 2. The molecule has 1 saturated heterocycles. The Kier molecular flexibility index (Phi) is 6.91. The number of para-hydroxylation sites is 1. The molecule has 2 N–H and O–H groups in total. The van der Waals surface area contributed by atoms with Crippen LogP contribution in [0.3, 0.4) is 0 Å². The number of pyridine rings is 1. The van der Waals surface area contributed by atoms with E-state index in [1.165, 1.54) is 0 Å². The fourth-order valence-corrected chi connectivity index (χ4v) is 4.13. The summed E-state index contributed by atoms with van der Waals surface area (Å²) in [7, 11) is 1.98. The fraction of sp³-hybridized carbons (Fsp3) is 0.208. The summed E-state index contributed by atoms with van der Waals surface area (Å²) in [6.07, 6.45) is 2.30. The van der Waals surface area contributed by atoms with Crippen LogP contribution in [0.1, 0.15) is 5.56 Å². The predicted molar refractivity (Wildman–Crippen MR) is 128 cm³/mol. The summed E-state index contributed by atoms with van der Waals surface area (Å²) >= 11 is 1.04. The molecule has 2 aromatic carbocycles. The molecular weight excluding hydrogens is 424 g/mol. The lowest BCUT2D eigenvalue weighted by Gasteiger charge is -2.19. The highest BCUT2D eigenvalue weighted by atomic mass is 32.2. The van der Waals surface area contributed by atoms with Crippen molar-refractivity contribution in [2.24, 2.45) is 0 Å². The number of nitrogens with one attached hydrogen (secondary N) is 2. The maximum Gasteiger partial charge on any atom is 0.286 e. The second-order valence-electron chi connectivity index (χ2n) is 7.40. The van der Waals surface area contributed by atoms with Gasteiger partial charge in [-0.2, -0.15) is 0 Å². The van der Waals surface area contributed by atoms with Crippen molar-refractivity contribution >= 4 is 40.1 Å². The molecular formula is C24H24N4O3S. The van der Waals surface area contributed by atoms with E-state index in [0.29, 0.717) is 19.6 Å². The number of benzene rings is 2. The first-order chi connectivity index (χ1) is 15.6. The number of rotatable bonds is 9. The van der Waals surface area contributed by atoms with Gasteiger partial charge in [0, 0.05) is 30.7 Å². The largest absolute Gasteiger partial charge is 0.492 e. The van der Waals surface area contributed by atoms with Gasteiger partial charge < -0.3 is 15.0 Å². The SMILES string of the molecule is CN(CCOc1ccc(CC2SC(=O)NC2=O)cc1)c1cc(Nc2ccccc2)ccn1. The van der Waals surface area contributed by atoms with Crippen molar-refractivity contribution in [3.8, 4) is 5.75 Å². The number of imide groups is 1. The molecule has 1 aliphatic heterocycles. The van der Waals surface area contributed by atoms with Crippen LogP contribution in [0.4, 0.5) is 22.0 Å². The Morgan fingerprint density at radius 2 is 1.84 bits per heavy atom. The average Bonchev–Trinajstić information content (AvgIpc) is 3.12. The summed E-state index contributed by atoms with van der Waals surface area (Å²) in [6, 6.07) is 21.6. The van der Waals surface area contributed by atoms with Gasteiger partial charge >= 0.3 is 0 Å². The van der Waals surface area contributed by atoms with Crippen LogP contribution in [0.2, 0.25) is 0 Å². The molecule has 1 fully saturated rings. The van der Waals surface area contributed by atoms with Crippen LogP contribution in [-0.2, 0) is 11.2 Å². The first kappa shape index (κ1) is 21.7. The number of aromatic nitrogens is 1. The van der Waals surface area contributed by atoms with E-state index in [2.05, 4.69) is 15.6 Å². The van der Waals surface area contributed by atoms with E-state index in [4.69, 9.17) is 4.74 Å². The van der Waals surface area contributed by atoms with Gasteiger partial charge in [-0.1, -0.05) is 42.1 Å². The first-order valence-corrected chi connectivity index (χ1v) is 11.2. The third-order valence-corrected chi connectivity index (χ3v) is 5.99. The minimum absolute atomic E-state index is 0.222. The number of anilines is 3. The molecule has 1 aliphatic rings. The Bertz CT molecular complexity index is 1080. The van der Waals surface area contributed by atoms with E-state index in [9.17, 15) is 9.59 Å². The highest BCUT2D eigenvalue weighted by Crippen LogP contribution is 2.24. The quantitative estimate of drug-likeness (QED) is 0.507. The van der Waals surface area contributed by atoms with Crippen molar-refractivity contribution in [3.63, 3.8) is 0 Å². The number of hydrogen-bond donors (Lipinski definition) is 2. The summed E-state index contributed by atoms with van der Waals surface area (Å²) in [5.41, 5.74) is 2.99. The van der Waals surface area contributed by atoms with E-state index in [0.717, 1.165) is 40.3 Å². The molecule has 0 bridgehead atoms. The van der Waals surface area contributed by atoms with E-state index in [-0.39, 0.29) is 16.4 Å². The van der Waals surface area contributed by atoms with Gasteiger partial charge in [0.05, 0.1) is 11.8 Å². The van der Waals surface area contributed by atoms with Crippen LogP contribution < -0.4 is 20.3 Å². The molecule has 2 heterocycles. The van der Waals surface area contributed by atoms with Crippen LogP contribution in [0, 0.1) is 0 Å². The molecule has 3 aromatic rings. The van der Waals surface area contributed by atoms with Crippen LogP contribution in [0.5, 0.6) is 5.75 Å². The minimum Gasteiger partial charge on any atom is -0.492 e. The Balaban J connectivity index is 1.26. The molecule has 1 aromatic heterocycles. The second kappa shape index (κ2) is 10.2. The van der Waals surface area contributed by atoms with Crippen LogP contribution in [-0.4, -0.2) is 41.6 Å². The second-order valence-corrected chi connectivity index (χ2v) is 8.57. The van der Waals surface area contributed by atoms with Crippen molar-refractivity contribution in [2.75, 3.05) is 30.4 Å². The normalized spacial score (nSPS) is 15.3. The molecule has 0 spiro atoms. The predicted octanol–water partition coefficient (Wildman–Crippen LogP) is 4.23. The van der Waals surface area contributed by atoms with Gasteiger partial charge in [-0.3, -0.25) is 14.9 Å². The van der Waals surface area contributed by atoms with E-state index >= 15 is 0 Å². The number of thioether (sulfide) groups is 1. The molecule has 32 heavy (non-hydrogen) atoms. The molecule has 164 valence electrons. The summed E-state index contributed by atoms with van der Waals surface area (Å²) in [5.74, 6) is 1.39. The van der Waals surface area contributed by atoms with Crippen molar-refractivity contribution < 1.29 is 14.3 Å². The summed E-state index contributed by atoms with van der Waals surface area (Å²) < 4.78 is 5.86. The lowest BCUT2D eigenvalue weighted by atomic mass is 10.1. The van der Waals surface area contributed by atoms with E-state index < -0.39 is 0 Å². The number of carbonyl (C=O) groups is 2. The number of nitrogens with zero attached hydrogens (tertiary/aromatic N) is 2. The zero-order valence-electron chi connectivity index (χ0n) is 17.7. The van der Waals surface area contributed by atoms with Crippen molar-refractivity contribution in [1.82, 2.24) is 10.3 Å². The molecule has 7 nitrogen and oxygen atoms in total. The van der Waals surface area contributed by atoms with Crippen LogP contribution in [0.15, 0.2) is 72.9 Å². The minimum atomic E-state index is -0.359. The van der Waals surface area contributed by atoms with Gasteiger partial charge in [0.25, 0.3) is 5.24 Å². The Labute approximate surface area is 191 Å². The third kappa shape index (κ3) is 5.79. The first-order valence-electron chi connectivity index (χ1n) is 10.3. The van der Waals surface area contributed by atoms with Crippen molar-refractivity contribution in [3.05, 3.63) is 78.5 Å². The van der Waals surface area contributed by atoms with E-state index in [1.807, 2.05) is 78.7 Å². The fourth-order valence-electron chi connectivity index (χ4n) is 3.27. The molecule has 2 amide bonds. The van der Waals surface area contributed by atoms with E-state index in [1.54, 1.807) is 6.20 Å². The number of ether oxygens (including phenoxy) is 1. The Morgan fingerprint density at radius 1 is 1.06 bits per heavy atom. The van der Waals surface area contributed by atoms with Crippen molar-refractivity contribution in [2.45, 2.75) is 11.7 Å². The van der Waals surface area contributed by atoms with Crippen molar-refractivity contribution in [1.29, 1.82) is 0 Å². The van der Waals surface area contributed by atoms with Gasteiger partial charge in [0.15, 0.2) is 0 Å². The summed E-state index contributed by atoms with van der Waals surface area (Å²) in [5, 5.41) is 5.05. The average molecular weight is 449 g/mol. The molecule has 8 heteroatoms. The molecule has 1 unspecified atom stereocenters. The lowest BCUT2D eigenvalue weighted by molar-refractivity contribution is -0.118. The zero-order valence-corrected chi connectivity index (χ0v) is 18.5.